The summed E-state index contributed by atoms with van der Waals surface area (Å²) in [5.41, 5.74) is 0.596. The number of carbonyl (C=O) groups is 2. The predicted molar refractivity (Wildman–Crippen MR) is 121 cm³/mol. The molecule has 0 aliphatic heterocycles. The maximum absolute atomic E-state index is 13.1. The van der Waals surface area contributed by atoms with Crippen LogP contribution >= 0.6 is 0 Å². The van der Waals surface area contributed by atoms with E-state index in [9.17, 15) is 14.4 Å². The first-order valence-electron chi connectivity index (χ1n) is 10.5. The lowest BCUT2D eigenvalue weighted by atomic mass is 10.1. The van der Waals surface area contributed by atoms with Crippen LogP contribution in [-0.4, -0.2) is 27.2 Å². The number of carbonyl (C=O) groups excluding carboxylic acids is 2. The van der Waals surface area contributed by atoms with Crippen molar-refractivity contribution < 1.29 is 23.3 Å². The summed E-state index contributed by atoms with van der Waals surface area (Å²) in [6.07, 6.45) is 0.712. The van der Waals surface area contributed by atoms with Crippen molar-refractivity contribution in [2.24, 2.45) is 0 Å². The number of hydrogen-bond donors (Lipinski definition) is 0. The fourth-order valence-corrected chi connectivity index (χ4v) is 3.29. The normalized spacial score (nSPS) is 11.5. The number of benzene rings is 2. The Morgan fingerprint density at radius 3 is 2.36 bits per heavy atom. The highest BCUT2D eigenvalue weighted by atomic mass is 16.6. The van der Waals surface area contributed by atoms with Crippen LogP contribution in [0.15, 0.2) is 80.7 Å². The van der Waals surface area contributed by atoms with Crippen molar-refractivity contribution in [3.63, 3.8) is 0 Å². The fourth-order valence-electron chi connectivity index (χ4n) is 3.29. The smallest absolute Gasteiger partial charge is 0.417 e. The van der Waals surface area contributed by atoms with Crippen LogP contribution in [0.1, 0.15) is 42.5 Å². The van der Waals surface area contributed by atoms with Gasteiger partial charge in [-0.25, -0.2) is 9.69 Å². The van der Waals surface area contributed by atoms with Crippen molar-refractivity contribution in [3.8, 4) is 0 Å². The van der Waals surface area contributed by atoms with E-state index in [2.05, 4.69) is 0 Å². The van der Waals surface area contributed by atoms with Crippen molar-refractivity contribution in [1.29, 1.82) is 0 Å². The van der Waals surface area contributed by atoms with Crippen molar-refractivity contribution in [3.05, 3.63) is 94.2 Å². The molecule has 2 amide bonds. The second kappa shape index (κ2) is 8.82. The Bertz CT molecular complexity index is 1320. The zero-order valence-corrected chi connectivity index (χ0v) is 18.6. The van der Waals surface area contributed by atoms with Crippen molar-refractivity contribution in [2.75, 3.05) is 0 Å². The van der Waals surface area contributed by atoms with E-state index >= 15 is 0 Å². The van der Waals surface area contributed by atoms with E-state index in [1.54, 1.807) is 81.4 Å². The lowest BCUT2D eigenvalue weighted by Gasteiger charge is -2.25. The molecule has 33 heavy (non-hydrogen) atoms. The SMILES string of the molecule is CC(C)(C)OC(=O)N(Cc1ccco1)C(=O)c1ccc(Cn2oc3ccccc3c2=O)cc1. The van der Waals surface area contributed by atoms with Gasteiger partial charge in [0, 0.05) is 5.56 Å². The average Bonchev–Trinajstić information content (AvgIpc) is 3.39. The second-order valence-electron chi connectivity index (χ2n) is 8.58. The molecule has 0 aliphatic rings. The number of furan rings is 1. The highest BCUT2D eigenvalue weighted by molar-refractivity contribution is 6.02. The summed E-state index contributed by atoms with van der Waals surface area (Å²) in [5.74, 6) is -0.0665. The minimum Gasteiger partial charge on any atom is -0.467 e. The van der Waals surface area contributed by atoms with Gasteiger partial charge in [-0.15, -0.1) is 0 Å². The topological polar surface area (TPSA) is 94.9 Å². The Morgan fingerprint density at radius 1 is 1.00 bits per heavy atom. The van der Waals surface area contributed by atoms with Gasteiger partial charge in [0.05, 0.1) is 24.7 Å². The van der Waals surface area contributed by atoms with Gasteiger partial charge in [0.25, 0.3) is 11.5 Å². The molecular formula is C25H24N2O6. The molecule has 0 spiro atoms. The molecule has 170 valence electrons. The molecule has 0 unspecified atom stereocenters. The lowest BCUT2D eigenvalue weighted by Crippen LogP contribution is -2.40. The third-order valence-corrected chi connectivity index (χ3v) is 4.83. The molecular weight excluding hydrogens is 424 g/mol. The summed E-state index contributed by atoms with van der Waals surface area (Å²) in [6.45, 7) is 5.35. The lowest BCUT2D eigenvalue weighted by molar-refractivity contribution is 0.0216. The van der Waals surface area contributed by atoms with Crippen molar-refractivity contribution in [1.82, 2.24) is 9.64 Å². The first-order chi connectivity index (χ1) is 15.7. The quantitative estimate of drug-likeness (QED) is 0.435. The molecule has 4 rings (SSSR count). The Balaban J connectivity index is 1.54. The number of rotatable bonds is 5. The zero-order valence-electron chi connectivity index (χ0n) is 18.6. The van der Waals surface area contributed by atoms with E-state index in [1.807, 2.05) is 0 Å². The molecule has 0 atom stereocenters. The maximum Gasteiger partial charge on any atom is 0.417 e. The Kier molecular flexibility index (Phi) is 5.91. The second-order valence-corrected chi connectivity index (χ2v) is 8.58. The van der Waals surface area contributed by atoms with Gasteiger partial charge in [-0.2, -0.15) is 4.74 Å². The zero-order chi connectivity index (χ0) is 23.6. The van der Waals surface area contributed by atoms with E-state index in [-0.39, 0.29) is 18.6 Å². The highest BCUT2D eigenvalue weighted by Crippen LogP contribution is 2.17. The molecule has 8 heteroatoms. The molecule has 2 aromatic carbocycles. The van der Waals surface area contributed by atoms with Crippen LogP contribution in [0.3, 0.4) is 0 Å². The number of hydrogen-bond acceptors (Lipinski definition) is 6. The highest BCUT2D eigenvalue weighted by Gasteiger charge is 2.29. The minimum absolute atomic E-state index is 0.0587. The number of amides is 2. The first kappa shape index (κ1) is 22.1. The number of para-hydroxylation sites is 1. The first-order valence-corrected chi connectivity index (χ1v) is 10.5. The summed E-state index contributed by atoms with van der Waals surface area (Å²) >= 11 is 0. The predicted octanol–water partition coefficient (Wildman–Crippen LogP) is 4.81. The molecule has 2 heterocycles. The van der Waals surface area contributed by atoms with E-state index in [0.717, 1.165) is 10.5 Å². The molecule has 0 N–H and O–H groups in total. The third kappa shape index (κ3) is 5.06. The molecule has 0 aliphatic carbocycles. The Morgan fingerprint density at radius 2 is 1.73 bits per heavy atom. The van der Waals surface area contributed by atoms with Gasteiger partial charge in [-0.3, -0.25) is 9.59 Å². The van der Waals surface area contributed by atoms with E-state index in [1.165, 1.54) is 11.0 Å². The monoisotopic (exact) mass is 448 g/mol. The summed E-state index contributed by atoms with van der Waals surface area (Å²) in [5, 5.41) is 0.509. The van der Waals surface area contributed by atoms with Crippen LogP contribution in [0.25, 0.3) is 11.0 Å². The third-order valence-electron chi connectivity index (χ3n) is 4.83. The number of aromatic nitrogens is 1. The Labute approximate surface area is 189 Å². The van der Waals surface area contributed by atoms with Gasteiger partial charge in [0.15, 0.2) is 5.58 Å². The van der Waals surface area contributed by atoms with Crippen molar-refractivity contribution in [2.45, 2.75) is 39.5 Å². The van der Waals surface area contributed by atoms with Crippen LogP contribution in [0.2, 0.25) is 0 Å². The summed E-state index contributed by atoms with van der Waals surface area (Å²) in [7, 11) is 0. The van der Waals surface area contributed by atoms with Crippen LogP contribution < -0.4 is 5.56 Å². The molecule has 4 aromatic rings. The molecule has 0 saturated heterocycles. The summed E-state index contributed by atoms with van der Waals surface area (Å²) in [4.78, 5) is 39.4. The molecule has 0 radical (unpaired) electrons. The standard InChI is InChI=1S/C25H24N2O6/c1-25(2,3)32-24(30)26(16-19-7-6-14-31-19)22(28)18-12-10-17(11-13-18)15-27-23(29)20-8-4-5-9-21(20)33-27/h4-14H,15-16H2,1-3H3. The maximum atomic E-state index is 13.1. The molecule has 0 fully saturated rings. The largest absolute Gasteiger partial charge is 0.467 e. The van der Waals surface area contributed by atoms with Crippen molar-refractivity contribution >= 4 is 23.0 Å². The number of fused-ring (bicyclic) bond motifs is 1. The van der Waals surface area contributed by atoms with Gasteiger partial charge in [-0.1, -0.05) is 24.3 Å². The van der Waals surface area contributed by atoms with Gasteiger partial charge < -0.3 is 13.7 Å². The summed E-state index contributed by atoms with van der Waals surface area (Å²) in [6, 6.07) is 17.0. The van der Waals surface area contributed by atoms with E-state index in [0.29, 0.717) is 22.3 Å². The van der Waals surface area contributed by atoms with Crippen LogP contribution in [0, 0.1) is 0 Å². The fraction of sp³-hybridized carbons (Fsp3) is 0.240. The van der Waals surface area contributed by atoms with E-state index < -0.39 is 17.6 Å². The van der Waals surface area contributed by atoms with Gasteiger partial charge in [0.2, 0.25) is 0 Å². The number of ether oxygens (including phenoxy) is 1. The summed E-state index contributed by atoms with van der Waals surface area (Å²) < 4.78 is 17.6. The van der Waals surface area contributed by atoms with Crippen LogP contribution in [-0.2, 0) is 17.8 Å². The van der Waals surface area contributed by atoms with Gasteiger partial charge >= 0.3 is 6.09 Å². The number of imide groups is 1. The molecule has 0 bridgehead atoms. The van der Waals surface area contributed by atoms with Gasteiger partial charge in [-0.05, 0) is 62.7 Å². The van der Waals surface area contributed by atoms with Gasteiger partial charge in [0.1, 0.15) is 11.4 Å². The molecule has 8 nitrogen and oxygen atoms in total. The average molecular weight is 448 g/mol. The van der Waals surface area contributed by atoms with Crippen LogP contribution in [0.4, 0.5) is 4.79 Å². The Hall–Kier alpha value is -4.07. The minimum atomic E-state index is -0.762. The number of nitrogens with zero attached hydrogens (tertiary/aromatic N) is 2. The molecule has 0 saturated carbocycles. The molecule has 2 aromatic heterocycles. The van der Waals surface area contributed by atoms with E-state index in [4.69, 9.17) is 13.7 Å². The van der Waals surface area contributed by atoms with Crippen LogP contribution in [0.5, 0.6) is 0 Å².